The van der Waals surface area contributed by atoms with Crippen molar-refractivity contribution in [1.29, 1.82) is 0 Å². The second kappa shape index (κ2) is 11.6. The zero-order valence-electron chi connectivity index (χ0n) is 18.8. The number of carbonyl (C=O) groups excluding carboxylic acids is 3. The number of rotatable bonds is 3. The Labute approximate surface area is 197 Å². The molecular weight excluding hydrogens is 448 g/mol. The number of hydrogen-bond acceptors (Lipinski definition) is 6. The fourth-order valence-electron chi connectivity index (χ4n) is 3.36. The highest BCUT2D eigenvalue weighted by atomic mass is 35.5. The molecule has 1 aliphatic heterocycles. The van der Waals surface area contributed by atoms with Gasteiger partial charge in [0.05, 0.1) is 24.9 Å². The average Bonchev–Trinajstić information content (AvgIpc) is 3.24. The van der Waals surface area contributed by atoms with E-state index in [2.05, 4.69) is 26.3 Å². The van der Waals surface area contributed by atoms with E-state index in [1.54, 1.807) is 36.0 Å². The number of aromatic nitrogens is 3. The lowest BCUT2D eigenvalue weighted by Crippen LogP contribution is -2.52. The molecule has 3 N–H and O–H groups in total. The van der Waals surface area contributed by atoms with Crippen molar-refractivity contribution < 1.29 is 19.1 Å². The van der Waals surface area contributed by atoms with Gasteiger partial charge in [-0.05, 0) is 31.5 Å². The summed E-state index contributed by atoms with van der Waals surface area (Å²) in [6, 6.07) is 3.16. The van der Waals surface area contributed by atoms with Gasteiger partial charge in [0, 0.05) is 18.0 Å². The molecule has 2 heterocycles. The Morgan fingerprint density at radius 2 is 2.03 bits per heavy atom. The molecule has 1 aliphatic rings. The lowest BCUT2D eigenvalue weighted by atomic mass is 10.1. The third-order valence-electron chi connectivity index (χ3n) is 5.23. The molecule has 178 valence electrons. The fourth-order valence-corrected chi connectivity index (χ4v) is 3.53. The van der Waals surface area contributed by atoms with Crippen molar-refractivity contribution in [3.63, 3.8) is 0 Å². The van der Waals surface area contributed by atoms with Gasteiger partial charge < -0.3 is 20.7 Å². The van der Waals surface area contributed by atoms with Crippen LogP contribution in [-0.2, 0) is 22.7 Å². The zero-order valence-corrected chi connectivity index (χ0v) is 19.5. The van der Waals surface area contributed by atoms with Gasteiger partial charge in [-0.15, -0.1) is 5.10 Å². The van der Waals surface area contributed by atoms with Gasteiger partial charge in [0.25, 0.3) is 5.91 Å². The van der Waals surface area contributed by atoms with Gasteiger partial charge in [0.15, 0.2) is 0 Å². The average molecular weight is 477 g/mol. The number of halogens is 1. The van der Waals surface area contributed by atoms with E-state index in [9.17, 15) is 14.4 Å². The first-order valence-corrected chi connectivity index (χ1v) is 11.5. The number of hydrogen-bond donors (Lipinski definition) is 3. The zero-order chi connectivity index (χ0) is 23.8. The molecule has 0 fully saturated rings. The Bertz CT molecular complexity index is 995. The summed E-state index contributed by atoms with van der Waals surface area (Å²) in [5.41, 5.74) is 0.887. The van der Waals surface area contributed by atoms with E-state index in [-0.39, 0.29) is 18.0 Å². The number of nitrogens with one attached hydrogen (secondary N) is 3. The highest BCUT2D eigenvalue weighted by Gasteiger charge is 2.26. The molecule has 1 aromatic carbocycles. The monoisotopic (exact) mass is 476 g/mol. The molecule has 10 nitrogen and oxygen atoms in total. The Balaban J connectivity index is 1.86. The summed E-state index contributed by atoms with van der Waals surface area (Å²) in [4.78, 5) is 38.4. The van der Waals surface area contributed by atoms with Crippen LogP contribution in [0.25, 0.3) is 0 Å². The topological polar surface area (TPSA) is 127 Å². The standard InChI is InChI=1S/C22H29ClN6O4/c1-3-4-6-18-22(32)25-14(2)20(30)24-12-16-13-29(28-27-16)9-5-10-33-19-11-15(23)7-8-17(19)21(31)26-18/h7-8,11,13-14,18H,3-6,9-10,12H2,1-2H3,(H,24,30)(H,25,32)(H,26,31)/t14-,18+/m1/s1. The van der Waals surface area contributed by atoms with E-state index in [0.717, 1.165) is 12.8 Å². The second-order valence-corrected chi connectivity index (χ2v) is 8.37. The molecule has 3 rings (SSSR count). The normalized spacial score (nSPS) is 20.4. The van der Waals surface area contributed by atoms with Crippen LogP contribution in [0.4, 0.5) is 0 Å². The van der Waals surface area contributed by atoms with Gasteiger partial charge in [-0.3, -0.25) is 19.1 Å². The van der Waals surface area contributed by atoms with Crippen LogP contribution in [0.5, 0.6) is 5.75 Å². The number of nitrogens with zero attached hydrogens (tertiary/aromatic N) is 3. The molecule has 2 aromatic rings. The van der Waals surface area contributed by atoms with Crippen LogP contribution in [0, 0.1) is 0 Å². The number of unbranched alkanes of at least 4 members (excludes halogenated alkanes) is 1. The molecular formula is C22H29ClN6O4. The molecule has 0 saturated carbocycles. The molecule has 0 spiro atoms. The minimum atomic E-state index is -0.796. The van der Waals surface area contributed by atoms with Crippen LogP contribution in [0.2, 0.25) is 5.02 Å². The lowest BCUT2D eigenvalue weighted by Gasteiger charge is -2.22. The summed E-state index contributed by atoms with van der Waals surface area (Å²) in [7, 11) is 0. The Hall–Kier alpha value is -3.14. The maximum atomic E-state index is 13.0. The maximum Gasteiger partial charge on any atom is 0.255 e. The minimum absolute atomic E-state index is 0.192. The first-order valence-electron chi connectivity index (χ1n) is 11.1. The molecule has 2 atom stereocenters. The molecule has 0 saturated heterocycles. The molecule has 0 radical (unpaired) electrons. The van der Waals surface area contributed by atoms with E-state index in [1.807, 2.05) is 6.92 Å². The van der Waals surface area contributed by atoms with E-state index in [0.29, 0.717) is 42.5 Å². The second-order valence-electron chi connectivity index (χ2n) is 7.93. The van der Waals surface area contributed by atoms with Crippen LogP contribution in [0.1, 0.15) is 55.6 Å². The van der Waals surface area contributed by atoms with Crippen molar-refractivity contribution >= 4 is 29.3 Å². The van der Waals surface area contributed by atoms with Crippen molar-refractivity contribution in [2.45, 2.75) is 64.7 Å². The van der Waals surface area contributed by atoms with Gasteiger partial charge in [-0.1, -0.05) is 36.6 Å². The molecule has 11 heteroatoms. The van der Waals surface area contributed by atoms with Crippen LogP contribution in [-0.4, -0.2) is 51.4 Å². The van der Waals surface area contributed by atoms with Crippen LogP contribution < -0.4 is 20.7 Å². The SMILES string of the molecule is CCCC[C@@H]1NC(=O)c2ccc(Cl)cc2OCCCn2cc(nn2)CNC(=O)[C@@H](C)NC1=O. The molecule has 33 heavy (non-hydrogen) atoms. The van der Waals surface area contributed by atoms with Gasteiger partial charge in [0.2, 0.25) is 11.8 Å². The van der Waals surface area contributed by atoms with Crippen LogP contribution >= 0.6 is 11.6 Å². The Kier molecular flexibility index (Phi) is 8.65. The minimum Gasteiger partial charge on any atom is -0.493 e. The van der Waals surface area contributed by atoms with Gasteiger partial charge in [-0.2, -0.15) is 0 Å². The van der Waals surface area contributed by atoms with Gasteiger partial charge >= 0.3 is 0 Å². The fraction of sp³-hybridized carbons (Fsp3) is 0.500. The molecule has 1 aromatic heterocycles. The van der Waals surface area contributed by atoms with E-state index < -0.39 is 23.9 Å². The third kappa shape index (κ3) is 6.92. The van der Waals surface area contributed by atoms with Crippen molar-refractivity contribution in [1.82, 2.24) is 30.9 Å². The van der Waals surface area contributed by atoms with E-state index >= 15 is 0 Å². The van der Waals surface area contributed by atoms with Crippen molar-refractivity contribution in [2.24, 2.45) is 0 Å². The first kappa shape index (κ1) is 24.5. The third-order valence-corrected chi connectivity index (χ3v) is 5.46. The summed E-state index contributed by atoms with van der Waals surface area (Å²) < 4.78 is 7.50. The highest BCUT2D eigenvalue weighted by molar-refractivity contribution is 6.30. The van der Waals surface area contributed by atoms with Crippen molar-refractivity contribution in [2.75, 3.05) is 6.61 Å². The van der Waals surface area contributed by atoms with Gasteiger partial charge in [-0.25, -0.2) is 0 Å². The molecule has 2 bridgehead atoms. The van der Waals surface area contributed by atoms with Crippen molar-refractivity contribution in [3.8, 4) is 5.75 Å². The summed E-state index contributed by atoms with van der Waals surface area (Å²) in [5.74, 6) is -0.893. The largest absolute Gasteiger partial charge is 0.493 e. The number of carbonyl (C=O) groups is 3. The number of amides is 3. The quantitative estimate of drug-likeness (QED) is 0.620. The van der Waals surface area contributed by atoms with Crippen LogP contribution in [0.3, 0.4) is 0 Å². The predicted molar refractivity (Wildman–Crippen MR) is 122 cm³/mol. The number of fused-ring (bicyclic) bond motifs is 3. The van der Waals surface area contributed by atoms with Gasteiger partial charge in [0.1, 0.15) is 23.5 Å². The number of benzene rings is 1. The summed E-state index contributed by atoms with van der Waals surface area (Å²) in [6.07, 6.45) is 4.38. The molecule has 3 amide bonds. The smallest absolute Gasteiger partial charge is 0.255 e. The first-order chi connectivity index (χ1) is 15.9. The van der Waals surface area contributed by atoms with E-state index in [1.165, 1.54) is 0 Å². The molecule has 0 unspecified atom stereocenters. The van der Waals surface area contributed by atoms with Crippen LogP contribution in [0.15, 0.2) is 24.4 Å². The predicted octanol–water partition coefficient (Wildman–Crippen LogP) is 1.82. The molecule has 0 aliphatic carbocycles. The van der Waals surface area contributed by atoms with E-state index in [4.69, 9.17) is 16.3 Å². The summed E-state index contributed by atoms with van der Waals surface area (Å²) >= 11 is 6.11. The lowest BCUT2D eigenvalue weighted by molar-refractivity contribution is -0.129. The highest BCUT2D eigenvalue weighted by Crippen LogP contribution is 2.24. The maximum absolute atomic E-state index is 13.0. The Morgan fingerprint density at radius 1 is 1.21 bits per heavy atom. The number of ether oxygens (including phenoxy) is 1. The summed E-state index contributed by atoms with van der Waals surface area (Å²) in [5, 5.41) is 16.7. The number of aryl methyl sites for hydroxylation is 1. The Morgan fingerprint density at radius 3 is 2.82 bits per heavy atom. The summed E-state index contributed by atoms with van der Waals surface area (Å²) in [6.45, 7) is 4.65. The van der Waals surface area contributed by atoms with Crippen molar-refractivity contribution in [3.05, 3.63) is 40.7 Å².